The SMILES string of the molecule is CCNC(=O)COc1ccc(NC(=O)c2cnn(-c3ccc(F)cc3)c2C(C)C)cc1. The fourth-order valence-electron chi connectivity index (χ4n) is 3.11. The molecule has 3 rings (SSSR count). The molecule has 0 fully saturated rings. The van der Waals surface area contributed by atoms with Gasteiger partial charge in [0.05, 0.1) is 23.1 Å². The Labute approximate surface area is 180 Å². The molecule has 0 aliphatic carbocycles. The van der Waals surface area contributed by atoms with Gasteiger partial charge in [0, 0.05) is 12.2 Å². The largest absolute Gasteiger partial charge is 0.484 e. The van der Waals surface area contributed by atoms with Gasteiger partial charge < -0.3 is 15.4 Å². The van der Waals surface area contributed by atoms with E-state index in [0.717, 1.165) is 5.69 Å². The number of anilines is 1. The van der Waals surface area contributed by atoms with Crippen molar-refractivity contribution in [3.63, 3.8) is 0 Å². The molecule has 2 N–H and O–H groups in total. The molecule has 1 aromatic heterocycles. The molecule has 0 aliphatic rings. The lowest BCUT2D eigenvalue weighted by Gasteiger charge is -2.13. The molecule has 3 aromatic rings. The first-order valence-electron chi connectivity index (χ1n) is 10.0. The number of amides is 2. The third-order valence-electron chi connectivity index (χ3n) is 4.53. The third kappa shape index (κ3) is 5.48. The number of rotatable bonds is 8. The molecule has 7 nitrogen and oxygen atoms in total. The first-order valence-corrected chi connectivity index (χ1v) is 10.0. The van der Waals surface area contributed by atoms with Crippen LogP contribution in [-0.2, 0) is 4.79 Å². The lowest BCUT2D eigenvalue weighted by molar-refractivity contribution is -0.122. The highest BCUT2D eigenvalue weighted by atomic mass is 19.1. The predicted octanol–water partition coefficient (Wildman–Crippen LogP) is 3.90. The molecule has 0 radical (unpaired) electrons. The van der Waals surface area contributed by atoms with Crippen molar-refractivity contribution < 1.29 is 18.7 Å². The molecule has 2 aromatic carbocycles. The summed E-state index contributed by atoms with van der Waals surface area (Å²) in [6.07, 6.45) is 1.51. The number of hydrogen-bond donors (Lipinski definition) is 2. The molecule has 0 saturated carbocycles. The van der Waals surface area contributed by atoms with Crippen LogP contribution in [0.3, 0.4) is 0 Å². The molecule has 8 heteroatoms. The Kier molecular flexibility index (Phi) is 7.02. The van der Waals surface area contributed by atoms with E-state index in [2.05, 4.69) is 15.7 Å². The maximum atomic E-state index is 13.3. The second-order valence-corrected chi connectivity index (χ2v) is 7.21. The summed E-state index contributed by atoms with van der Waals surface area (Å²) in [5, 5.41) is 9.85. The van der Waals surface area contributed by atoms with Crippen molar-refractivity contribution >= 4 is 17.5 Å². The van der Waals surface area contributed by atoms with Gasteiger partial charge in [-0.2, -0.15) is 5.10 Å². The van der Waals surface area contributed by atoms with Gasteiger partial charge >= 0.3 is 0 Å². The van der Waals surface area contributed by atoms with E-state index in [9.17, 15) is 14.0 Å². The van der Waals surface area contributed by atoms with Crippen molar-refractivity contribution in [2.75, 3.05) is 18.5 Å². The Morgan fingerprint density at radius 3 is 2.39 bits per heavy atom. The summed E-state index contributed by atoms with van der Waals surface area (Å²) in [5.74, 6) is -0.291. The van der Waals surface area contributed by atoms with Crippen molar-refractivity contribution in [3.05, 3.63) is 71.8 Å². The summed E-state index contributed by atoms with van der Waals surface area (Å²) < 4.78 is 20.3. The number of hydrogen-bond acceptors (Lipinski definition) is 4. The molecule has 0 bridgehead atoms. The van der Waals surface area contributed by atoms with Gasteiger partial charge in [-0.1, -0.05) is 13.8 Å². The van der Waals surface area contributed by atoms with Crippen molar-refractivity contribution in [2.45, 2.75) is 26.7 Å². The number of benzene rings is 2. The van der Waals surface area contributed by atoms with Gasteiger partial charge in [0.1, 0.15) is 11.6 Å². The number of carbonyl (C=O) groups is 2. The van der Waals surface area contributed by atoms with Gasteiger partial charge in [0.25, 0.3) is 11.8 Å². The molecule has 1 heterocycles. The smallest absolute Gasteiger partial charge is 0.259 e. The van der Waals surface area contributed by atoms with Gasteiger partial charge in [-0.15, -0.1) is 0 Å². The van der Waals surface area contributed by atoms with Crippen molar-refractivity contribution in [1.82, 2.24) is 15.1 Å². The van der Waals surface area contributed by atoms with Crippen LogP contribution in [-0.4, -0.2) is 34.7 Å². The summed E-state index contributed by atoms with van der Waals surface area (Å²) in [4.78, 5) is 24.4. The van der Waals surface area contributed by atoms with Crippen molar-refractivity contribution in [1.29, 1.82) is 0 Å². The molecule has 162 valence electrons. The van der Waals surface area contributed by atoms with E-state index < -0.39 is 0 Å². The Hall–Kier alpha value is -3.68. The van der Waals surface area contributed by atoms with Crippen LogP contribution in [0.15, 0.2) is 54.7 Å². The maximum Gasteiger partial charge on any atom is 0.259 e. The summed E-state index contributed by atoms with van der Waals surface area (Å²) >= 11 is 0. The quantitative estimate of drug-likeness (QED) is 0.574. The zero-order valence-electron chi connectivity index (χ0n) is 17.7. The van der Waals surface area contributed by atoms with E-state index in [1.54, 1.807) is 41.1 Å². The summed E-state index contributed by atoms with van der Waals surface area (Å²) in [6.45, 7) is 6.25. The highest BCUT2D eigenvalue weighted by Gasteiger charge is 2.21. The normalized spacial score (nSPS) is 10.7. The molecule has 0 spiro atoms. The topological polar surface area (TPSA) is 85.2 Å². The Morgan fingerprint density at radius 2 is 1.77 bits per heavy atom. The van der Waals surface area contributed by atoms with Crippen LogP contribution >= 0.6 is 0 Å². The van der Waals surface area contributed by atoms with E-state index >= 15 is 0 Å². The monoisotopic (exact) mass is 424 g/mol. The van der Waals surface area contributed by atoms with E-state index in [4.69, 9.17) is 4.74 Å². The highest BCUT2D eigenvalue weighted by Crippen LogP contribution is 2.24. The lowest BCUT2D eigenvalue weighted by Crippen LogP contribution is -2.28. The van der Waals surface area contributed by atoms with Crippen LogP contribution in [0, 0.1) is 5.82 Å². The van der Waals surface area contributed by atoms with Crippen LogP contribution < -0.4 is 15.4 Å². The molecule has 0 saturated heterocycles. The minimum Gasteiger partial charge on any atom is -0.484 e. The van der Waals surface area contributed by atoms with Crippen LogP contribution in [0.4, 0.5) is 10.1 Å². The zero-order chi connectivity index (χ0) is 22.4. The number of aromatic nitrogens is 2. The Morgan fingerprint density at radius 1 is 1.10 bits per heavy atom. The van der Waals surface area contributed by atoms with Gasteiger partial charge in [-0.25, -0.2) is 9.07 Å². The molecular formula is C23H25FN4O3. The van der Waals surface area contributed by atoms with E-state index in [1.165, 1.54) is 18.3 Å². The Balaban J connectivity index is 1.73. The van der Waals surface area contributed by atoms with E-state index in [-0.39, 0.29) is 30.2 Å². The van der Waals surface area contributed by atoms with E-state index in [0.29, 0.717) is 29.2 Å². The second kappa shape index (κ2) is 9.88. The van der Waals surface area contributed by atoms with E-state index in [1.807, 2.05) is 20.8 Å². The molecule has 0 unspecified atom stereocenters. The van der Waals surface area contributed by atoms with Crippen molar-refractivity contribution in [2.24, 2.45) is 0 Å². The average molecular weight is 424 g/mol. The fourth-order valence-corrected chi connectivity index (χ4v) is 3.11. The number of nitrogens with zero attached hydrogens (tertiary/aromatic N) is 2. The molecule has 0 aliphatic heterocycles. The molecule has 2 amide bonds. The minimum atomic E-state index is -0.335. The summed E-state index contributed by atoms with van der Waals surface area (Å²) in [7, 11) is 0. The number of likely N-dealkylation sites (N-methyl/N-ethyl adjacent to an activating group) is 1. The van der Waals surface area contributed by atoms with Crippen LogP contribution in [0.25, 0.3) is 5.69 Å². The van der Waals surface area contributed by atoms with Crippen LogP contribution in [0.2, 0.25) is 0 Å². The first-order chi connectivity index (χ1) is 14.9. The second-order valence-electron chi connectivity index (χ2n) is 7.21. The fraction of sp³-hybridized carbons (Fsp3) is 0.261. The Bertz CT molecular complexity index is 1040. The number of nitrogens with one attached hydrogen (secondary N) is 2. The standard InChI is InChI=1S/C23H25FN4O3/c1-4-25-21(29)14-31-19-11-7-17(8-12-19)27-23(30)20-13-26-28(22(20)15(2)3)18-9-5-16(24)6-10-18/h5-13,15H,4,14H2,1-3H3,(H,25,29)(H,27,30). The minimum absolute atomic E-state index is 0.0124. The predicted molar refractivity (Wildman–Crippen MR) is 116 cm³/mol. The molecule has 31 heavy (non-hydrogen) atoms. The summed E-state index contributed by atoms with van der Waals surface area (Å²) in [6, 6.07) is 12.7. The number of carbonyl (C=O) groups excluding carboxylic acids is 2. The van der Waals surface area contributed by atoms with Crippen molar-refractivity contribution in [3.8, 4) is 11.4 Å². The highest BCUT2D eigenvalue weighted by molar-refractivity contribution is 6.05. The van der Waals surface area contributed by atoms with Crippen LogP contribution in [0.5, 0.6) is 5.75 Å². The van der Waals surface area contributed by atoms with Gasteiger partial charge in [0.2, 0.25) is 0 Å². The zero-order valence-corrected chi connectivity index (χ0v) is 17.7. The molecular weight excluding hydrogens is 399 g/mol. The third-order valence-corrected chi connectivity index (χ3v) is 4.53. The van der Waals surface area contributed by atoms with Gasteiger partial charge in [-0.05, 0) is 61.4 Å². The number of ether oxygens (including phenoxy) is 1. The van der Waals surface area contributed by atoms with Gasteiger partial charge in [-0.3, -0.25) is 9.59 Å². The summed E-state index contributed by atoms with van der Waals surface area (Å²) in [5.41, 5.74) is 2.43. The maximum absolute atomic E-state index is 13.3. The average Bonchev–Trinajstić information content (AvgIpc) is 3.20. The lowest BCUT2D eigenvalue weighted by atomic mass is 10.0. The molecule has 0 atom stereocenters. The first kappa shape index (κ1) is 22.0. The number of halogens is 1. The van der Waals surface area contributed by atoms with Gasteiger partial charge in [0.15, 0.2) is 6.61 Å². The van der Waals surface area contributed by atoms with Crippen LogP contribution in [0.1, 0.15) is 42.7 Å².